The van der Waals surface area contributed by atoms with E-state index < -0.39 is 0 Å². The second-order valence-electron chi connectivity index (χ2n) is 4.40. The highest BCUT2D eigenvalue weighted by Gasteiger charge is 2.22. The van der Waals surface area contributed by atoms with Crippen molar-refractivity contribution in [1.29, 1.82) is 0 Å². The summed E-state index contributed by atoms with van der Waals surface area (Å²) in [4.78, 5) is 3.53. The first kappa shape index (κ1) is 9.87. The highest BCUT2D eigenvalue weighted by atomic mass is 15.0. The van der Waals surface area contributed by atoms with Gasteiger partial charge < -0.3 is 16.0 Å². The number of rotatable bonds is 2. The molecule has 2 heterocycles. The number of aromatic nitrogens is 1. The van der Waals surface area contributed by atoms with Crippen molar-refractivity contribution < 1.29 is 0 Å². The SMILES string of the molecule is NCCC1NCCc2c1[nH]c1ccccc21. The predicted octanol–water partition coefficient (Wildman–Crippen LogP) is 1.70. The molecule has 0 spiro atoms. The van der Waals surface area contributed by atoms with Crippen molar-refractivity contribution in [3.05, 3.63) is 35.5 Å². The van der Waals surface area contributed by atoms with Gasteiger partial charge in [0.25, 0.3) is 0 Å². The molecule has 1 aromatic carbocycles. The molecule has 2 aromatic rings. The number of H-pyrrole nitrogens is 1. The van der Waals surface area contributed by atoms with E-state index in [1.807, 2.05) is 0 Å². The van der Waals surface area contributed by atoms with Gasteiger partial charge in [0.1, 0.15) is 0 Å². The quantitative estimate of drug-likeness (QED) is 0.714. The Morgan fingerprint density at radius 3 is 3.06 bits per heavy atom. The van der Waals surface area contributed by atoms with Crippen LogP contribution in [0.3, 0.4) is 0 Å². The normalized spacial score (nSPS) is 19.9. The molecule has 3 heteroatoms. The van der Waals surface area contributed by atoms with Crippen LogP contribution in [0.2, 0.25) is 0 Å². The molecule has 0 amide bonds. The van der Waals surface area contributed by atoms with Crippen LogP contribution in [0.5, 0.6) is 0 Å². The molecule has 0 radical (unpaired) electrons. The highest BCUT2D eigenvalue weighted by molar-refractivity contribution is 5.85. The number of benzene rings is 1. The van der Waals surface area contributed by atoms with Gasteiger partial charge in [0.2, 0.25) is 0 Å². The fraction of sp³-hybridized carbons (Fsp3) is 0.385. The van der Waals surface area contributed by atoms with Gasteiger partial charge in [-0.3, -0.25) is 0 Å². The number of fused-ring (bicyclic) bond motifs is 3. The molecule has 0 saturated carbocycles. The molecule has 1 aliphatic rings. The lowest BCUT2D eigenvalue weighted by atomic mass is 9.97. The third-order valence-corrected chi connectivity index (χ3v) is 3.42. The van der Waals surface area contributed by atoms with Crippen LogP contribution < -0.4 is 11.1 Å². The minimum Gasteiger partial charge on any atom is -0.357 e. The van der Waals surface area contributed by atoms with Crippen molar-refractivity contribution in [2.24, 2.45) is 5.73 Å². The van der Waals surface area contributed by atoms with E-state index in [4.69, 9.17) is 5.73 Å². The Bertz CT molecular complexity index is 501. The molecular weight excluding hydrogens is 198 g/mol. The second-order valence-corrected chi connectivity index (χ2v) is 4.40. The van der Waals surface area contributed by atoms with Gasteiger partial charge in [-0.05, 0) is 37.6 Å². The zero-order chi connectivity index (χ0) is 11.0. The van der Waals surface area contributed by atoms with Crippen molar-refractivity contribution in [3.63, 3.8) is 0 Å². The molecule has 0 fully saturated rings. The fourth-order valence-electron chi connectivity index (χ4n) is 2.67. The summed E-state index contributed by atoms with van der Waals surface area (Å²) in [6, 6.07) is 8.94. The standard InChI is InChI=1S/C13H17N3/c14-7-5-12-13-10(6-8-15-12)9-3-1-2-4-11(9)16-13/h1-4,12,15-16H,5-8,14H2. The molecule has 1 atom stereocenters. The molecule has 0 saturated heterocycles. The van der Waals surface area contributed by atoms with Gasteiger partial charge in [0.15, 0.2) is 0 Å². The topological polar surface area (TPSA) is 53.8 Å². The van der Waals surface area contributed by atoms with E-state index in [9.17, 15) is 0 Å². The maximum absolute atomic E-state index is 5.66. The first-order chi connectivity index (χ1) is 7.90. The number of para-hydroxylation sites is 1. The lowest BCUT2D eigenvalue weighted by Crippen LogP contribution is -2.31. The van der Waals surface area contributed by atoms with Crippen molar-refractivity contribution >= 4 is 10.9 Å². The van der Waals surface area contributed by atoms with E-state index in [1.54, 1.807) is 0 Å². The number of aromatic amines is 1. The largest absolute Gasteiger partial charge is 0.357 e. The van der Waals surface area contributed by atoms with Crippen LogP contribution in [0.25, 0.3) is 10.9 Å². The number of nitrogens with one attached hydrogen (secondary N) is 2. The number of nitrogens with two attached hydrogens (primary N) is 1. The Morgan fingerprint density at radius 1 is 1.31 bits per heavy atom. The molecule has 4 N–H and O–H groups in total. The zero-order valence-corrected chi connectivity index (χ0v) is 9.29. The van der Waals surface area contributed by atoms with Gasteiger partial charge in [-0.2, -0.15) is 0 Å². The fourth-order valence-corrected chi connectivity index (χ4v) is 2.67. The van der Waals surface area contributed by atoms with E-state index in [1.165, 1.54) is 22.2 Å². The maximum Gasteiger partial charge on any atom is 0.0488 e. The molecule has 0 bridgehead atoms. The molecule has 0 aliphatic carbocycles. The van der Waals surface area contributed by atoms with Crippen molar-refractivity contribution in [1.82, 2.24) is 10.3 Å². The van der Waals surface area contributed by atoms with Gasteiger partial charge in [-0.1, -0.05) is 18.2 Å². The molecule has 16 heavy (non-hydrogen) atoms. The Morgan fingerprint density at radius 2 is 2.19 bits per heavy atom. The van der Waals surface area contributed by atoms with E-state index >= 15 is 0 Å². The van der Waals surface area contributed by atoms with Gasteiger partial charge in [-0.25, -0.2) is 0 Å². The predicted molar refractivity (Wildman–Crippen MR) is 66.4 cm³/mol. The van der Waals surface area contributed by atoms with E-state index in [0.717, 1.165) is 25.9 Å². The third kappa shape index (κ3) is 1.44. The third-order valence-electron chi connectivity index (χ3n) is 3.42. The number of hydrogen-bond donors (Lipinski definition) is 3. The Balaban J connectivity index is 2.13. The summed E-state index contributed by atoms with van der Waals surface area (Å²) in [5, 5.41) is 4.90. The minimum atomic E-state index is 0.404. The summed E-state index contributed by atoms with van der Waals surface area (Å²) in [5.74, 6) is 0. The van der Waals surface area contributed by atoms with Crippen molar-refractivity contribution in [2.75, 3.05) is 13.1 Å². The average Bonchev–Trinajstić information content (AvgIpc) is 2.69. The van der Waals surface area contributed by atoms with Crippen LogP contribution in [-0.4, -0.2) is 18.1 Å². The first-order valence-electron chi connectivity index (χ1n) is 5.93. The van der Waals surface area contributed by atoms with Crippen LogP contribution in [0.1, 0.15) is 23.7 Å². The van der Waals surface area contributed by atoms with Crippen LogP contribution in [-0.2, 0) is 6.42 Å². The second kappa shape index (κ2) is 3.92. The molecule has 3 rings (SSSR count). The van der Waals surface area contributed by atoms with Crippen molar-refractivity contribution in [3.8, 4) is 0 Å². The summed E-state index contributed by atoms with van der Waals surface area (Å²) in [5.41, 5.74) is 9.73. The Hall–Kier alpha value is -1.32. The Kier molecular flexibility index (Phi) is 2.42. The molecular formula is C13H17N3. The molecule has 3 nitrogen and oxygen atoms in total. The summed E-state index contributed by atoms with van der Waals surface area (Å²) in [6.45, 7) is 1.78. The van der Waals surface area contributed by atoms with E-state index in [0.29, 0.717) is 6.04 Å². The van der Waals surface area contributed by atoms with E-state index in [-0.39, 0.29) is 0 Å². The molecule has 84 valence electrons. The smallest absolute Gasteiger partial charge is 0.0488 e. The average molecular weight is 215 g/mol. The number of hydrogen-bond acceptors (Lipinski definition) is 2. The van der Waals surface area contributed by atoms with Gasteiger partial charge in [0, 0.05) is 22.6 Å². The lowest BCUT2D eigenvalue weighted by Gasteiger charge is -2.23. The zero-order valence-electron chi connectivity index (χ0n) is 9.29. The summed E-state index contributed by atoms with van der Waals surface area (Å²) in [7, 11) is 0. The summed E-state index contributed by atoms with van der Waals surface area (Å²) in [6.07, 6.45) is 2.11. The molecule has 1 aliphatic heterocycles. The monoisotopic (exact) mass is 215 g/mol. The van der Waals surface area contributed by atoms with Gasteiger partial charge in [0.05, 0.1) is 0 Å². The van der Waals surface area contributed by atoms with Crippen LogP contribution in [0, 0.1) is 0 Å². The molecule has 1 unspecified atom stereocenters. The van der Waals surface area contributed by atoms with Gasteiger partial charge >= 0.3 is 0 Å². The van der Waals surface area contributed by atoms with Crippen LogP contribution in [0.15, 0.2) is 24.3 Å². The minimum absolute atomic E-state index is 0.404. The summed E-state index contributed by atoms with van der Waals surface area (Å²) >= 11 is 0. The first-order valence-corrected chi connectivity index (χ1v) is 5.93. The highest BCUT2D eigenvalue weighted by Crippen LogP contribution is 2.30. The summed E-state index contributed by atoms with van der Waals surface area (Å²) < 4.78 is 0. The van der Waals surface area contributed by atoms with Crippen LogP contribution >= 0.6 is 0 Å². The van der Waals surface area contributed by atoms with Crippen molar-refractivity contribution in [2.45, 2.75) is 18.9 Å². The van der Waals surface area contributed by atoms with E-state index in [2.05, 4.69) is 34.6 Å². The molecule has 1 aromatic heterocycles. The van der Waals surface area contributed by atoms with Gasteiger partial charge in [-0.15, -0.1) is 0 Å². The lowest BCUT2D eigenvalue weighted by molar-refractivity contribution is 0.474. The van der Waals surface area contributed by atoms with Crippen LogP contribution in [0.4, 0.5) is 0 Å². The maximum atomic E-state index is 5.66. The Labute approximate surface area is 95.0 Å².